The van der Waals surface area contributed by atoms with Gasteiger partial charge in [-0.1, -0.05) is 6.07 Å². The maximum atomic E-state index is 13.4. The molecule has 0 saturated carbocycles. The van der Waals surface area contributed by atoms with E-state index in [0.717, 1.165) is 12.1 Å². The number of nitriles is 1. The number of hydrogen-bond donors (Lipinski definition) is 2. The fourth-order valence-corrected chi connectivity index (χ4v) is 2.22. The molecule has 0 spiro atoms. The monoisotopic (exact) mass is 356 g/mol. The maximum Gasteiger partial charge on any atom is 0.305 e. The second-order valence-corrected chi connectivity index (χ2v) is 5.36. The van der Waals surface area contributed by atoms with Gasteiger partial charge < -0.3 is 11.1 Å². The van der Waals surface area contributed by atoms with Crippen molar-refractivity contribution in [2.45, 2.75) is 12.5 Å². The minimum atomic E-state index is -1.15. The van der Waals surface area contributed by atoms with Crippen LogP contribution in [0.25, 0.3) is 0 Å². The van der Waals surface area contributed by atoms with Crippen molar-refractivity contribution >= 4 is 17.5 Å². The van der Waals surface area contributed by atoms with Gasteiger partial charge in [-0.15, -0.1) is 0 Å². The van der Waals surface area contributed by atoms with E-state index in [-0.39, 0.29) is 17.5 Å². The van der Waals surface area contributed by atoms with Crippen LogP contribution in [0, 0.1) is 27.3 Å². The summed E-state index contributed by atoms with van der Waals surface area (Å²) in [5.41, 5.74) is 5.39. The molecule has 3 N–H and O–H groups in total. The first kappa shape index (κ1) is 18.5. The van der Waals surface area contributed by atoms with Crippen LogP contribution in [0.4, 0.5) is 10.1 Å². The number of nitro groups is 1. The number of nitrogens with two attached hydrogens (primary N) is 1. The number of rotatable bonds is 6. The third kappa shape index (κ3) is 4.39. The Kier molecular flexibility index (Phi) is 5.60. The van der Waals surface area contributed by atoms with E-state index in [1.165, 1.54) is 30.3 Å². The summed E-state index contributed by atoms with van der Waals surface area (Å²) in [6, 6.07) is 9.64. The zero-order chi connectivity index (χ0) is 19.3. The van der Waals surface area contributed by atoms with E-state index in [2.05, 4.69) is 5.32 Å². The van der Waals surface area contributed by atoms with Gasteiger partial charge in [-0.05, 0) is 35.9 Å². The highest BCUT2D eigenvalue weighted by molar-refractivity contribution is 5.97. The highest BCUT2D eigenvalue weighted by atomic mass is 19.1. The Morgan fingerprint density at radius 2 is 1.92 bits per heavy atom. The molecule has 132 valence electrons. The number of halogens is 1. The van der Waals surface area contributed by atoms with Crippen molar-refractivity contribution in [3.05, 3.63) is 75.1 Å². The van der Waals surface area contributed by atoms with Crippen molar-refractivity contribution in [2.75, 3.05) is 0 Å². The normalized spacial score (nSPS) is 11.2. The molecule has 0 aromatic heterocycles. The lowest BCUT2D eigenvalue weighted by atomic mass is 10.0. The van der Waals surface area contributed by atoms with Gasteiger partial charge in [-0.2, -0.15) is 9.65 Å². The Bertz CT molecular complexity index is 906. The molecular formula is C17H13FN4O4. The average Bonchev–Trinajstić information content (AvgIpc) is 2.62. The van der Waals surface area contributed by atoms with Gasteiger partial charge in [-0.25, -0.2) is 0 Å². The van der Waals surface area contributed by atoms with Gasteiger partial charge in [0.25, 0.3) is 5.91 Å². The van der Waals surface area contributed by atoms with Crippen molar-refractivity contribution < 1.29 is 18.9 Å². The van der Waals surface area contributed by atoms with Gasteiger partial charge in [0.1, 0.15) is 6.04 Å². The Labute approximate surface area is 147 Å². The molecule has 26 heavy (non-hydrogen) atoms. The predicted molar refractivity (Wildman–Crippen MR) is 88.4 cm³/mol. The lowest BCUT2D eigenvalue weighted by Crippen LogP contribution is -2.45. The first-order chi connectivity index (χ1) is 12.3. The minimum Gasteiger partial charge on any atom is -0.368 e. The summed E-state index contributed by atoms with van der Waals surface area (Å²) < 4.78 is 13.4. The first-order valence-electron chi connectivity index (χ1n) is 7.35. The molecule has 2 aromatic carbocycles. The van der Waals surface area contributed by atoms with Crippen molar-refractivity contribution in [3.63, 3.8) is 0 Å². The molecule has 0 unspecified atom stereocenters. The van der Waals surface area contributed by atoms with Gasteiger partial charge in [0.05, 0.1) is 16.6 Å². The van der Waals surface area contributed by atoms with Gasteiger partial charge in [0, 0.05) is 18.1 Å². The van der Waals surface area contributed by atoms with E-state index < -0.39 is 34.3 Å². The maximum absolute atomic E-state index is 13.4. The summed E-state index contributed by atoms with van der Waals surface area (Å²) in [6.45, 7) is 0. The summed E-state index contributed by atoms with van der Waals surface area (Å²) in [6.07, 6.45) is -0.140. The van der Waals surface area contributed by atoms with Crippen LogP contribution in [0.1, 0.15) is 21.5 Å². The van der Waals surface area contributed by atoms with E-state index in [1.807, 2.05) is 6.07 Å². The summed E-state index contributed by atoms with van der Waals surface area (Å²) in [7, 11) is 0. The van der Waals surface area contributed by atoms with Crippen LogP contribution in [0.2, 0.25) is 0 Å². The summed E-state index contributed by atoms with van der Waals surface area (Å²) in [4.78, 5) is 33.7. The highest BCUT2D eigenvalue weighted by Crippen LogP contribution is 2.19. The summed E-state index contributed by atoms with van der Waals surface area (Å²) in [5, 5.41) is 22.0. The van der Waals surface area contributed by atoms with Crippen LogP contribution in [0.3, 0.4) is 0 Å². The molecular weight excluding hydrogens is 343 g/mol. The molecule has 8 nitrogen and oxygen atoms in total. The first-order valence-corrected chi connectivity index (χ1v) is 7.35. The van der Waals surface area contributed by atoms with Crippen LogP contribution in [0.15, 0.2) is 42.5 Å². The third-order valence-corrected chi connectivity index (χ3v) is 3.57. The van der Waals surface area contributed by atoms with Gasteiger partial charge in [0.2, 0.25) is 11.7 Å². The number of nitrogens with zero attached hydrogens (tertiary/aromatic N) is 2. The van der Waals surface area contributed by atoms with Crippen LogP contribution in [0.5, 0.6) is 0 Å². The van der Waals surface area contributed by atoms with E-state index in [9.17, 15) is 24.1 Å². The smallest absolute Gasteiger partial charge is 0.305 e. The van der Waals surface area contributed by atoms with Crippen LogP contribution in [-0.2, 0) is 11.2 Å². The van der Waals surface area contributed by atoms with Crippen LogP contribution >= 0.6 is 0 Å². The molecule has 0 aliphatic heterocycles. The lowest BCUT2D eigenvalue weighted by molar-refractivity contribution is -0.387. The minimum absolute atomic E-state index is 0.140. The van der Waals surface area contributed by atoms with Crippen LogP contribution in [-0.4, -0.2) is 22.8 Å². The number of hydrogen-bond acceptors (Lipinski definition) is 5. The second kappa shape index (κ2) is 7.85. The molecule has 0 aliphatic carbocycles. The van der Waals surface area contributed by atoms with Crippen molar-refractivity contribution in [2.24, 2.45) is 5.73 Å². The molecule has 2 amide bonds. The second-order valence-electron chi connectivity index (χ2n) is 5.36. The molecule has 1 atom stereocenters. The summed E-state index contributed by atoms with van der Waals surface area (Å²) in [5.74, 6) is -2.45. The Balaban J connectivity index is 2.17. The van der Waals surface area contributed by atoms with E-state index in [1.54, 1.807) is 0 Å². The van der Waals surface area contributed by atoms with Crippen LogP contribution < -0.4 is 11.1 Å². The predicted octanol–water partition coefficient (Wildman–Crippen LogP) is 1.43. The van der Waals surface area contributed by atoms with E-state index in [0.29, 0.717) is 5.56 Å². The number of nitrogens with one attached hydrogen (secondary N) is 1. The van der Waals surface area contributed by atoms with Crippen molar-refractivity contribution in [1.29, 1.82) is 5.26 Å². The molecule has 0 heterocycles. The molecule has 0 bridgehead atoms. The highest BCUT2D eigenvalue weighted by Gasteiger charge is 2.22. The molecule has 2 aromatic rings. The van der Waals surface area contributed by atoms with Gasteiger partial charge in [-0.3, -0.25) is 19.7 Å². The number of carbonyl (C=O) groups is 2. The molecule has 0 aliphatic rings. The van der Waals surface area contributed by atoms with Gasteiger partial charge >= 0.3 is 5.69 Å². The average molecular weight is 356 g/mol. The largest absolute Gasteiger partial charge is 0.368 e. The number of benzene rings is 2. The molecule has 0 radical (unpaired) electrons. The zero-order valence-electron chi connectivity index (χ0n) is 13.3. The number of carbonyl (C=O) groups excluding carboxylic acids is 2. The fourth-order valence-electron chi connectivity index (χ4n) is 2.22. The standard InChI is InChI=1S/C17H13FN4O4/c18-13-6-3-11(8-15(13)22(25)26)7-14(16(20)23)21-17(24)12-4-1-10(9-19)2-5-12/h1-6,8,14H,7H2,(H2,20,23)(H,21,24)/t14-/m0/s1. The van der Waals surface area contributed by atoms with E-state index >= 15 is 0 Å². The molecule has 2 rings (SSSR count). The molecule has 0 saturated heterocycles. The SMILES string of the molecule is N#Cc1ccc(C(=O)N[C@@H](Cc2ccc(F)c([N+](=O)[O-])c2)C(N)=O)cc1. The lowest BCUT2D eigenvalue weighted by Gasteiger charge is -2.15. The fraction of sp³-hybridized carbons (Fsp3) is 0.118. The quantitative estimate of drug-likeness (QED) is 0.595. The van der Waals surface area contributed by atoms with Crippen molar-refractivity contribution in [1.82, 2.24) is 5.32 Å². The van der Waals surface area contributed by atoms with E-state index in [4.69, 9.17) is 11.0 Å². The zero-order valence-corrected chi connectivity index (χ0v) is 13.3. The third-order valence-electron chi connectivity index (χ3n) is 3.57. The van der Waals surface area contributed by atoms with Gasteiger partial charge in [0.15, 0.2) is 0 Å². The Morgan fingerprint density at radius 3 is 2.46 bits per heavy atom. The Morgan fingerprint density at radius 1 is 1.27 bits per heavy atom. The number of nitro benzene ring substituents is 1. The Hall–Kier alpha value is -3.80. The summed E-state index contributed by atoms with van der Waals surface area (Å²) >= 11 is 0. The molecule has 9 heteroatoms. The number of primary amides is 1. The topological polar surface area (TPSA) is 139 Å². The molecule has 0 fully saturated rings. The van der Waals surface area contributed by atoms with Crippen molar-refractivity contribution in [3.8, 4) is 6.07 Å². The number of amides is 2.